The summed E-state index contributed by atoms with van der Waals surface area (Å²) < 4.78 is 0. The number of nitrogens with zero attached hydrogens (tertiary/aromatic N) is 1. The monoisotopic (exact) mass is 412 g/mol. The molecule has 2 rings (SSSR count). The van der Waals surface area contributed by atoms with Crippen LogP contribution >= 0.6 is 0 Å². The van der Waals surface area contributed by atoms with E-state index in [4.69, 9.17) is 10.2 Å². The van der Waals surface area contributed by atoms with Crippen LogP contribution < -0.4 is 16.0 Å². The van der Waals surface area contributed by atoms with Crippen LogP contribution in [0.4, 0.5) is 0 Å². The number of carbonyl (C=O) groups is 5. The van der Waals surface area contributed by atoms with Crippen molar-refractivity contribution in [1.82, 2.24) is 20.9 Å². The van der Waals surface area contributed by atoms with Gasteiger partial charge in [-0.2, -0.15) is 0 Å². The molecule has 4 atom stereocenters. The Balaban J connectivity index is 2.08. The van der Waals surface area contributed by atoms with E-state index < -0.39 is 47.9 Å². The van der Waals surface area contributed by atoms with Crippen molar-refractivity contribution in [2.75, 3.05) is 13.1 Å². The Labute approximate surface area is 168 Å². The summed E-state index contributed by atoms with van der Waals surface area (Å²) in [5, 5.41) is 25.9. The third kappa shape index (κ3) is 6.14. The predicted octanol–water partition coefficient (Wildman–Crippen LogP) is -1.33. The van der Waals surface area contributed by atoms with Gasteiger partial charge in [-0.15, -0.1) is 0 Å². The lowest BCUT2D eigenvalue weighted by atomic mass is 10.1. The highest BCUT2D eigenvalue weighted by molar-refractivity contribution is 5.94. The van der Waals surface area contributed by atoms with Gasteiger partial charge >= 0.3 is 11.9 Å². The number of hydrogen-bond donors (Lipinski definition) is 5. The standard InChI is InChI=1S/C18H28N4O7/c1-10(18(28)29)20-16(26)13-5-3-9-22(13)17(27)12(6-7-14(23)24)21-15(25)11-4-2-8-19-11/h10-13,19H,2-9H2,1H3,(H,20,26)(H,21,25)(H,23,24)(H,28,29). The SMILES string of the molecule is CC(NC(=O)C1CCCN1C(=O)C(CCC(=O)O)NC(=O)C1CCCN1)C(=O)O. The fraction of sp³-hybridized carbons (Fsp3) is 0.722. The lowest BCUT2D eigenvalue weighted by Gasteiger charge is -2.29. The van der Waals surface area contributed by atoms with Crippen LogP contribution in [0.15, 0.2) is 0 Å². The van der Waals surface area contributed by atoms with E-state index in [0.717, 1.165) is 6.42 Å². The summed E-state index contributed by atoms with van der Waals surface area (Å²) in [5.41, 5.74) is 0. The van der Waals surface area contributed by atoms with Crippen molar-refractivity contribution in [3.05, 3.63) is 0 Å². The summed E-state index contributed by atoms with van der Waals surface area (Å²) >= 11 is 0. The van der Waals surface area contributed by atoms with Crippen molar-refractivity contribution >= 4 is 29.7 Å². The minimum atomic E-state index is -1.19. The van der Waals surface area contributed by atoms with Crippen LogP contribution in [0.1, 0.15) is 45.4 Å². The Hall–Kier alpha value is -2.69. The van der Waals surface area contributed by atoms with Crippen molar-refractivity contribution in [2.45, 2.75) is 69.6 Å². The molecule has 0 aliphatic carbocycles. The van der Waals surface area contributed by atoms with E-state index in [0.29, 0.717) is 25.8 Å². The highest BCUT2D eigenvalue weighted by Crippen LogP contribution is 2.20. The van der Waals surface area contributed by atoms with Crippen LogP contribution in [0, 0.1) is 0 Å². The molecule has 11 heteroatoms. The van der Waals surface area contributed by atoms with Gasteiger partial charge < -0.3 is 31.1 Å². The van der Waals surface area contributed by atoms with Gasteiger partial charge in [0.2, 0.25) is 17.7 Å². The van der Waals surface area contributed by atoms with E-state index in [9.17, 15) is 24.0 Å². The van der Waals surface area contributed by atoms with Gasteiger partial charge in [-0.3, -0.25) is 24.0 Å². The summed E-state index contributed by atoms with van der Waals surface area (Å²) in [4.78, 5) is 61.1. The van der Waals surface area contributed by atoms with Gasteiger partial charge in [0.25, 0.3) is 0 Å². The van der Waals surface area contributed by atoms with E-state index in [1.165, 1.54) is 11.8 Å². The number of hydrogen-bond acceptors (Lipinski definition) is 6. The van der Waals surface area contributed by atoms with Crippen LogP contribution in [-0.2, 0) is 24.0 Å². The van der Waals surface area contributed by atoms with Crippen molar-refractivity contribution in [1.29, 1.82) is 0 Å². The average Bonchev–Trinajstić information content (AvgIpc) is 3.35. The van der Waals surface area contributed by atoms with Crippen molar-refractivity contribution in [3.8, 4) is 0 Å². The molecule has 0 aromatic carbocycles. The molecule has 2 aliphatic heterocycles. The lowest BCUT2D eigenvalue weighted by molar-refractivity contribution is -0.145. The summed E-state index contributed by atoms with van der Waals surface area (Å²) in [5.74, 6) is -3.76. The molecule has 0 bridgehead atoms. The van der Waals surface area contributed by atoms with Gasteiger partial charge in [0.1, 0.15) is 18.1 Å². The van der Waals surface area contributed by atoms with E-state index in [-0.39, 0.29) is 25.3 Å². The van der Waals surface area contributed by atoms with Gasteiger partial charge in [-0.25, -0.2) is 0 Å². The first-order valence-electron chi connectivity index (χ1n) is 9.80. The first-order chi connectivity index (χ1) is 13.7. The van der Waals surface area contributed by atoms with Crippen molar-refractivity contribution in [2.24, 2.45) is 0 Å². The molecule has 162 valence electrons. The molecule has 29 heavy (non-hydrogen) atoms. The number of nitrogens with one attached hydrogen (secondary N) is 3. The Morgan fingerprint density at radius 3 is 2.38 bits per heavy atom. The number of likely N-dealkylation sites (tertiary alicyclic amines) is 1. The molecule has 0 radical (unpaired) electrons. The molecule has 11 nitrogen and oxygen atoms in total. The first kappa shape index (κ1) is 22.6. The second kappa shape index (κ2) is 10.2. The zero-order valence-electron chi connectivity index (χ0n) is 16.3. The molecular weight excluding hydrogens is 384 g/mol. The quantitative estimate of drug-likeness (QED) is 0.311. The fourth-order valence-electron chi connectivity index (χ4n) is 3.58. The largest absolute Gasteiger partial charge is 0.481 e. The zero-order valence-corrected chi connectivity index (χ0v) is 16.3. The Morgan fingerprint density at radius 2 is 1.79 bits per heavy atom. The third-order valence-corrected chi connectivity index (χ3v) is 5.21. The maximum atomic E-state index is 13.0. The molecule has 4 unspecified atom stereocenters. The normalized spacial score (nSPS) is 23.3. The number of amides is 3. The minimum absolute atomic E-state index is 0.0943. The molecule has 3 amide bonds. The molecular formula is C18H28N4O7. The molecule has 5 N–H and O–H groups in total. The average molecular weight is 412 g/mol. The van der Waals surface area contributed by atoms with Gasteiger partial charge in [0.15, 0.2) is 0 Å². The van der Waals surface area contributed by atoms with Crippen LogP contribution in [0.3, 0.4) is 0 Å². The van der Waals surface area contributed by atoms with Crippen LogP contribution in [0.2, 0.25) is 0 Å². The summed E-state index contributed by atoms with van der Waals surface area (Å²) in [6.07, 6.45) is 1.98. The van der Waals surface area contributed by atoms with E-state index >= 15 is 0 Å². The number of carbonyl (C=O) groups excluding carboxylic acids is 3. The fourth-order valence-corrected chi connectivity index (χ4v) is 3.58. The van der Waals surface area contributed by atoms with E-state index in [1.807, 2.05) is 0 Å². The Bertz CT molecular complexity index is 663. The smallest absolute Gasteiger partial charge is 0.325 e. The second-order valence-corrected chi connectivity index (χ2v) is 7.40. The van der Waals surface area contributed by atoms with Crippen LogP contribution in [0.5, 0.6) is 0 Å². The minimum Gasteiger partial charge on any atom is -0.481 e. The molecule has 0 spiro atoms. The van der Waals surface area contributed by atoms with Crippen molar-refractivity contribution in [3.63, 3.8) is 0 Å². The summed E-state index contributed by atoms with van der Waals surface area (Å²) in [7, 11) is 0. The van der Waals surface area contributed by atoms with E-state index in [2.05, 4.69) is 16.0 Å². The van der Waals surface area contributed by atoms with E-state index in [1.54, 1.807) is 0 Å². The molecule has 2 fully saturated rings. The predicted molar refractivity (Wildman–Crippen MR) is 99.8 cm³/mol. The number of carboxylic acids is 2. The van der Waals surface area contributed by atoms with Gasteiger partial charge in [0.05, 0.1) is 6.04 Å². The number of carboxylic acid groups (broad SMARTS) is 2. The van der Waals surface area contributed by atoms with Crippen LogP contribution in [0.25, 0.3) is 0 Å². The molecule has 2 heterocycles. The zero-order chi connectivity index (χ0) is 21.6. The van der Waals surface area contributed by atoms with Crippen molar-refractivity contribution < 1.29 is 34.2 Å². The summed E-state index contributed by atoms with van der Waals surface area (Å²) in [6, 6.07) is -3.44. The Morgan fingerprint density at radius 1 is 1.07 bits per heavy atom. The lowest BCUT2D eigenvalue weighted by Crippen LogP contribution is -2.56. The number of aliphatic carboxylic acids is 2. The maximum Gasteiger partial charge on any atom is 0.325 e. The molecule has 0 saturated carbocycles. The molecule has 2 saturated heterocycles. The third-order valence-electron chi connectivity index (χ3n) is 5.21. The summed E-state index contributed by atoms with van der Waals surface area (Å²) in [6.45, 7) is 2.30. The first-order valence-corrected chi connectivity index (χ1v) is 9.80. The van der Waals surface area contributed by atoms with Gasteiger partial charge in [0, 0.05) is 13.0 Å². The molecule has 0 aromatic rings. The van der Waals surface area contributed by atoms with Crippen LogP contribution in [-0.4, -0.2) is 82.0 Å². The topological polar surface area (TPSA) is 165 Å². The highest BCUT2D eigenvalue weighted by atomic mass is 16.4. The highest BCUT2D eigenvalue weighted by Gasteiger charge is 2.39. The molecule has 0 aromatic heterocycles. The second-order valence-electron chi connectivity index (χ2n) is 7.40. The number of rotatable bonds is 9. The van der Waals surface area contributed by atoms with Gasteiger partial charge in [-0.1, -0.05) is 0 Å². The Kier molecular flexibility index (Phi) is 7.94. The van der Waals surface area contributed by atoms with Gasteiger partial charge in [-0.05, 0) is 45.6 Å². The maximum absolute atomic E-state index is 13.0. The molecule has 2 aliphatic rings.